The van der Waals surface area contributed by atoms with Crippen LogP contribution in [0.2, 0.25) is 0 Å². The van der Waals surface area contributed by atoms with Crippen molar-refractivity contribution in [3.63, 3.8) is 0 Å². The molecule has 0 spiro atoms. The second-order valence-electron chi connectivity index (χ2n) is 7.68. The average molecular weight is 446 g/mol. The fraction of sp³-hybridized carbons (Fsp3) is 0.524. The predicted molar refractivity (Wildman–Crippen MR) is 114 cm³/mol. The maximum absolute atomic E-state index is 5.05. The lowest BCUT2D eigenvalue weighted by Gasteiger charge is -2.36. The third kappa shape index (κ3) is 4.41. The highest BCUT2D eigenvalue weighted by molar-refractivity contribution is 9.10. The zero-order chi connectivity index (χ0) is 19.4. The molecule has 2 aliphatic rings. The topological polar surface area (TPSA) is 56.9 Å². The van der Waals surface area contributed by atoms with Gasteiger partial charge in [-0.1, -0.05) is 39.3 Å². The van der Waals surface area contributed by atoms with E-state index in [9.17, 15) is 0 Å². The minimum atomic E-state index is 0.204. The molecule has 1 aliphatic carbocycles. The zero-order valence-corrected chi connectivity index (χ0v) is 18.0. The molecule has 0 bridgehead atoms. The van der Waals surface area contributed by atoms with Crippen molar-refractivity contribution in [2.24, 2.45) is 4.99 Å². The number of benzene rings is 1. The van der Waals surface area contributed by atoms with Crippen LogP contribution in [0.1, 0.15) is 31.0 Å². The molecule has 2 heterocycles. The van der Waals surface area contributed by atoms with E-state index in [0.717, 1.165) is 57.5 Å². The van der Waals surface area contributed by atoms with Crippen molar-refractivity contribution in [2.75, 3.05) is 39.3 Å². The van der Waals surface area contributed by atoms with E-state index in [4.69, 9.17) is 9.52 Å². The van der Waals surface area contributed by atoms with Crippen LogP contribution in [0, 0.1) is 0 Å². The molecule has 1 saturated heterocycles. The first-order valence-corrected chi connectivity index (χ1v) is 10.9. The minimum absolute atomic E-state index is 0.204. The molecule has 0 unspecified atom stereocenters. The van der Waals surface area contributed by atoms with Gasteiger partial charge in [0.15, 0.2) is 5.96 Å². The first-order valence-electron chi connectivity index (χ1n) is 10.1. The van der Waals surface area contributed by atoms with Crippen LogP contribution in [0.4, 0.5) is 0 Å². The van der Waals surface area contributed by atoms with E-state index in [1.54, 1.807) is 6.26 Å². The van der Waals surface area contributed by atoms with E-state index in [2.05, 4.69) is 67.4 Å². The summed E-state index contributed by atoms with van der Waals surface area (Å²) in [4.78, 5) is 9.86. The van der Waals surface area contributed by atoms with Gasteiger partial charge in [-0.05, 0) is 31.4 Å². The second kappa shape index (κ2) is 8.66. The van der Waals surface area contributed by atoms with E-state index in [0.29, 0.717) is 0 Å². The number of nitrogens with zero attached hydrogens (tertiary/aromatic N) is 4. The molecule has 0 amide bonds. The first-order chi connectivity index (χ1) is 13.7. The molecule has 1 aliphatic heterocycles. The van der Waals surface area contributed by atoms with Gasteiger partial charge in [0.1, 0.15) is 6.26 Å². The Morgan fingerprint density at radius 3 is 2.64 bits per heavy atom. The van der Waals surface area contributed by atoms with Crippen molar-refractivity contribution in [1.82, 2.24) is 20.3 Å². The summed E-state index contributed by atoms with van der Waals surface area (Å²) < 4.78 is 6.15. The summed E-state index contributed by atoms with van der Waals surface area (Å²) >= 11 is 3.73. The van der Waals surface area contributed by atoms with E-state index in [-0.39, 0.29) is 5.41 Å². The van der Waals surface area contributed by atoms with Crippen molar-refractivity contribution in [3.05, 3.63) is 52.3 Å². The molecule has 1 saturated carbocycles. The molecule has 6 nitrogen and oxygen atoms in total. The number of hydrogen-bond donors (Lipinski definition) is 1. The van der Waals surface area contributed by atoms with Crippen LogP contribution in [0.25, 0.3) is 0 Å². The third-order valence-corrected chi connectivity index (χ3v) is 6.41. The summed E-state index contributed by atoms with van der Waals surface area (Å²) in [6, 6.07) is 10.5. The number of aromatic nitrogens is 1. The lowest BCUT2D eigenvalue weighted by Crippen LogP contribution is -2.52. The zero-order valence-electron chi connectivity index (χ0n) is 16.4. The number of piperazine rings is 1. The van der Waals surface area contributed by atoms with Crippen LogP contribution < -0.4 is 5.32 Å². The van der Waals surface area contributed by atoms with Crippen molar-refractivity contribution >= 4 is 21.9 Å². The van der Waals surface area contributed by atoms with Crippen molar-refractivity contribution in [2.45, 2.75) is 31.7 Å². The van der Waals surface area contributed by atoms with E-state index in [1.807, 2.05) is 6.07 Å². The molecule has 150 valence electrons. The number of nitrogens with one attached hydrogen (secondary N) is 1. The molecule has 1 aromatic carbocycles. The molecule has 2 fully saturated rings. The summed E-state index contributed by atoms with van der Waals surface area (Å²) in [6.45, 7) is 8.69. The smallest absolute Gasteiger partial charge is 0.194 e. The van der Waals surface area contributed by atoms with Gasteiger partial charge in [-0.15, -0.1) is 0 Å². The van der Waals surface area contributed by atoms with E-state index >= 15 is 0 Å². The molecule has 4 rings (SSSR count). The molecule has 0 radical (unpaired) electrons. The van der Waals surface area contributed by atoms with Gasteiger partial charge < -0.3 is 14.7 Å². The SMILES string of the molecule is CCNC(=NCC1(c2ccccc2Br)CC1)N1CCN(Cc2ccon2)CC1. The molecule has 0 atom stereocenters. The van der Waals surface area contributed by atoms with Crippen molar-refractivity contribution < 1.29 is 4.52 Å². The average Bonchev–Trinajstić information content (AvgIpc) is 3.32. The Hall–Kier alpha value is -1.86. The highest BCUT2D eigenvalue weighted by Gasteiger charge is 2.45. The van der Waals surface area contributed by atoms with Gasteiger partial charge in [0.2, 0.25) is 0 Å². The summed E-state index contributed by atoms with van der Waals surface area (Å²) in [5.74, 6) is 1.04. The summed E-state index contributed by atoms with van der Waals surface area (Å²) in [5.41, 5.74) is 2.60. The van der Waals surface area contributed by atoms with Gasteiger partial charge in [0.05, 0.1) is 12.2 Å². The number of hydrogen-bond acceptors (Lipinski definition) is 4. The fourth-order valence-electron chi connectivity index (χ4n) is 3.87. The maximum Gasteiger partial charge on any atom is 0.194 e. The predicted octanol–water partition coefficient (Wildman–Crippen LogP) is 3.25. The first kappa shape index (κ1) is 19.5. The van der Waals surface area contributed by atoms with Crippen LogP contribution in [0.5, 0.6) is 0 Å². The largest absolute Gasteiger partial charge is 0.364 e. The van der Waals surface area contributed by atoms with Crippen LogP contribution in [0.15, 0.2) is 50.6 Å². The summed E-state index contributed by atoms with van der Waals surface area (Å²) in [6.07, 6.45) is 4.06. The van der Waals surface area contributed by atoms with Gasteiger partial charge in [0, 0.05) is 55.2 Å². The van der Waals surface area contributed by atoms with Crippen LogP contribution >= 0.6 is 15.9 Å². The Morgan fingerprint density at radius 2 is 2.00 bits per heavy atom. The summed E-state index contributed by atoms with van der Waals surface area (Å²) in [7, 11) is 0. The normalized spacial score (nSPS) is 19.6. The van der Waals surface area contributed by atoms with Crippen LogP contribution in [-0.4, -0.2) is 60.2 Å². The van der Waals surface area contributed by atoms with Gasteiger partial charge in [-0.3, -0.25) is 9.89 Å². The number of rotatable bonds is 6. The Balaban J connectivity index is 1.38. The van der Waals surface area contributed by atoms with E-state index < -0.39 is 0 Å². The van der Waals surface area contributed by atoms with Gasteiger partial charge >= 0.3 is 0 Å². The molecule has 28 heavy (non-hydrogen) atoms. The molecule has 1 aromatic heterocycles. The van der Waals surface area contributed by atoms with Gasteiger partial charge in [-0.25, -0.2) is 0 Å². The number of aliphatic imine (C=N–C) groups is 1. The Labute approximate surface area is 175 Å². The minimum Gasteiger partial charge on any atom is -0.364 e. The highest BCUT2D eigenvalue weighted by atomic mass is 79.9. The third-order valence-electron chi connectivity index (χ3n) is 5.71. The quantitative estimate of drug-likeness (QED) is 0.546. The fourth-order valence-corrected chi connectivity index (χ4v) is 4.58. The van der Waals surface area contributed by atoms with Gasteiger partial charge in [-0.2, -0.15) is 0 Å². The molecular formula is C21H28BrN5O. The second-order valence-corrected chi connectivity index (χ2v) is 8.54. The molecule has 1 N–H and O–H groups in total. The number of halogens is 1. The number of guanidine groups is 1. The molecule has 2 aromatic rings. The van der Waals surface area contributed by atoms with E-state index in [1.165, 1.54) is 22.9 Å². The van der Waals surface area contributed by atoms with Crippen molar-refractivity contribution in [3.8, 4) is 0 Å². The standard InChI is InChI=1S/C21H28BrN5O/c1-2-23-20(24-16-21(8-9-21)18-5-3-4-6-19(18)22)27-12-10-26(11-13-27)15-17-7-14-28-25-17/h3-7,14H,2,8-13,15-16H2,1H3,(H,23,24). The van der Waals surface area contributed by atoms with Crippen LogP contribution in [0.3, 0.4) is 0 Å². The van der Waals surface area contributed by atoms with Gasteiger partial charge in [0.25, 0.3) is 0 Å². The highest BCUT2D eigenvalue weighted by Crippen LogP contribution is 2.50. The van der Waals surface area contributed by atoms with Crippen molar-refractivity contribution in [1.29, 1.82) is 0 Å². The van der Waals surface area contributed by atoms with Crippen LogP contribution in [-0.2, 0) is 12.0 Å². The maximum atomic E-state index is 5.05. The Morgan fingerprint density at radius 1 is 1.21 bits per heavy atom. The lowest BCUT2D eigenvalue weighted by atomic mass is 9.96. The monoisotopic (exact) mass is 445 g/mol. The molecular weight excluding hydrogens is 418 g/mol. The molecule has 7 heteroatoms. The summed E-state index contributed by atoms with van der Waals surface area (Å²) in [5, 5.41) is 7.52. The Kier molecular flexibility index (Phi) is 6.01. The Bertz CT molecular complexity index is 795. The lowest BCUT2D eigenvalue weighted by molar-refractivity contribution is 0.169.